The van der Waals surface area contributed by atoms with Crippen molar-refractivity contribution in [2.75, 3.05) is 0 Å². The Balaban J connectivity index is 2.39. The molecule has 0 atom stereocenters. The van der Waals surface area contributed by atoms with E-state index in [1.807, 2.05) is 0 Å². The Morgan fingerprint density at radius 2 is 2.29 bits per heavy atom. The third-order valence-corrected chi connectivity index (χ3v) is 1.52. The molecule has 2 aromatic heterocycles. The lowest BCUT2D eigenvalue weighted by atomic mass is 10.3. The Bertz CT molecular complexity index is 452. The minimum atomic E-state index is -1.24. The summed E-state index contributed by atoms with van der Waals surface area (Å²) in [5.41, 5.74) is 0.590. The van der Waals surface area contributed by atoms with Crippen LogP contribution in [-0.4, -0.2) is 26.3 Å². The molecule has 0 aliphatic rings. The van der Waals surface area contributed by atoms with Crippen molar-refractivity contribution in [1.29, 1.82) is 0 Å². The zero-order chi connectivity index (χ0) is 9.97. The predicted molar refractivity (Wildman–Crippen MR) is 44.5 cm³/mol. The van der Waals surface area contributed by atoms with Crippen LogP contribution < -0.4 is 0 Å². The summed E-state index contributed by atoms with van der Waals surface area (Å²) in [5.74, 6) is -1.52. The topological polar surface area (TPSA) is 89.1 Å². The Kier molecular flexibility index (Phi) is 1.94. The molecule has 0 unspecified atom stereocenters. The maximum atomic E-state index is 10.4. The number of pyridine rings is 1. The number of carboxylic acid groups (broad SMARTS) is 1. The first kappa shape index (κ1) is 8.36. The largest absolute Gasteiger partial charge is 0.474 e. The molecule has 0 saturated carbocycles. The molecule has 0 spiro atoms. The van der Waals surface area contributed by atoms with Crippen LogP contribution >= 0.6 is 0 Å². The summed E-state index contributed by atoms with van der Waals surface area (Å²) < 4.78 is 4.87. The molecule has 6 nitrogen and oxygen atoms in total. The van der Waals surface area contributed by atoms with Gasteiger partial charge in [0, 0.05) is 12.4 Å². The van der Waals surface area contributed by atoms with Crippen molar-refractivity contribution in [3.05, 3.63) is 30.4 Å². The first-order valence-corrected chi connectivity index (χ1v) is 3.74. The van der Waals surface area contributed by atoms with E-state index in [0.29, 0.717) is 5.56 Å². The Labute approximate surface area is 78.2 Å². The molecule has 2 heterocycles. The van der Waals surface area contributed by atoms with E-state index in [1.165, 1.54) is 6.20 Å². The Morgan fingerprint density at radius 3 is 2.86 bits per heavy atom. The fourth-order valence-electron chi connectivity index (χ4n) is 0.916. The molecule has 0 radical (unpaired) electrons. The average molecular weight is 191 g/mol. The van der Waals surface area contributed by atoms with Gasteiger partial charge in [0.25, 0.3) is 0 Å². The monoisotopic (exact) mass is 191 g/mol. The van der Waals surface area contributed by atoms with Gasteiger partial charge in [0.1, 0.15) is 0 Å². The summed E-state index contributed by atoms with van der Waals surface area (Å²) in [6.45, 7) is 0. The van der Waals surface area contributed by atoms with Crippen molar-refractivity contribution in [2.45, 2.75) is 0 Å². The highest BCUT2D eigenvalue weighted by Crippen LogP contribution is 2.15. The van der Waals surface area contributed by atoms with Crippen LogP contribution in [0.25, 0.3) is 11.5 Å². The zero-order valence-electron chi connectivity index (χ0n) is 6.91. The number of nitrogens with zero attached hydrogens (tertiary/aromatic N) is 3. The van der Waals surface area contributed by atoms with Crippen LogP contribution in [0.3, 0.4) is 0 Å². The highest BCUT2D eigenvalue weighted by molar-refractivity contribution is 5.82. The van der Waals surface area contributed by atoms with Crippen molar-refractivity contribution in [1.82, 2.24) is 15.2 Å². The second kappa shape index (κ2) is 3.25. The molecule has 2 aromatic rings. The number of aromatic nitrogens is 3. The quantitative estimate of drug-likeness (QED) is 0.756. The van der Waals surface area contributed by atoms with Gasteiger partial charge in [0.05, 0.1) is 5.56 Å². The summed E-state index contributed by atoms with van der Waals surface area (Å²) in [4.78, 5) is 14.3. The molecule has 0 amide bonds. The molecule has 0 saturated heterocycles. The molecule has 70 valence electrons. The second-order valence-electron chi connectivity index (χ2n) is 2.46. The van der Waals surface area contributed by atoms with E-state index in [1.54, 1.807) is 18.3 Å². The SMILES string of the molecule is O=C(O)c1nnc(-c2cccnc2)o1. The molecular formula is C8H5N3O3. The van der Waals surface area contributed by atoms with Crippen LogP contribution in [0.2, 0.25) is 0 Å². The molecule has 0 aliphatic carbocycles. The van der Waals surface area contributed by atoms with E-state index in [2.05, 4.69) is 15.2 Å². The number of hydrogen-bond donors (Lipinski definition) is 1. The van der Waals surface area contributed by atoms with Gasteiger partial charge in [-0.1, -0.05) is 0 Å². The Hall–Kier alpha value is -2.24. The molecule has 0 aromatic carbocycles. The molecule has 14 heavy (non-hydrogen) atoms. The predicted octanol–water partition coefficient (Wildman–Crippen LogP) is 0.830. The van der Waals surface area contributed by atoms with Gasteiger partial charge in [0.15, 0.2) is 0 Å². The number of carbonyl (C=O) groups is 1. The van der Waals surface area contributed by atoms with Crippen LogP contribution in [0.4, 0.5) is 0 Å². The van der Waals surface area contributed by atoms with Crippen LogP contribution in [0.1, 0.15) is 10.7 Å². The summed E-state index contributed by atoms with van der Waals surface area (Å²) in [7, 11) is 0. The molecule has 0 aliphatic heterocycles. The van der Waals surface area contributed by atoms with Gasteiger partial charge in [-0.3, -0.25) is 4.98 Å². The van der Waals surface area contributed by atoms with E-state index < -0.39 is 11.9 Å². The Morgan fingerprint density at radius 1 is 1.43 bits per heavy atom. The number of carboxylic acids is 1. The van der Waals surface area contributed by atoms with Gasteiger partial charge in [-0.2, -0.15) is 0 Å². The second-order valence-corrected chi connectivity index (χ2v) is 2.46. The number of aromatic carboxylic acids is 1. The first-order valence-electron chi connectivity index (χ1n) is 3.74. The van der Waals surface area contributed by atoms with Crippen molar-refractivity contribution >= 4 is 5.97 Å². The summed E-state index contributed by atoms with van der Waals surface area (Å²) in [6, 6.07) is 3.39. The summed E-state index contributed by atoms with van der Waals surface area (Å²) >= 11 is 0. The maximum absolute atomic E-state index is 10.4. The van der Waals surface area contributed by atoms with Crippen molar-refractivity contribution in [2.24, 2.45) is 0 Å². The van der Waals surface area contributed by atoms with Crippen molar-refractivity contribution in [3.63, 3.8) is 0 Å². The highest BCUT2D eigenvalue weighted by Gasteiger charge is 2.13. The van der Waals surface area contributed by atoms with Crippen molar-refractivity contribution in [3.8, 4) is 11.5 Å². The molecular weight excluding hydrogens is 186 g/mol. The van der Waals surface area contributed by atoms with Crippen LogP contribution in [-0.2, 0) is 0 Å². The van der Waals surface area contributed by atoms with E-state index in [9.17, 15) is 4.79 Å². The van der Waals surface area contributed by atoms with Crippen LogP contribution in [0.15, 0.2) is 28.9 Å². The molecule has 1 N–H and O–H groups in total. The molecule has 0 bridgehead atoms. The highest BCUT2D eigenvalue weighted by atomic mass is 16.4. The molecule has 2 rings (SSSR count). The minimum absolute atomic E-state index is 0.149. The van der Waals surface area contributed by atoms with Gasteiger partial charge >= 0.3 is 11.9 Å². The van der Waals surface area contributed by atoms with Crippen molar-refractivity contribution < 1.29 is 14.3 Å². The smallest absolute Gasteiger partial charge is 0.393 e. The lowest BCUT2D eigenvalue weighted by Gasteiger charge is -1.90. The lowest BCUT2D eigenvalue weighted by molar-refractivity contribution is 0.0654. The zero-order valence-corrected chi connectivity index (χ0v) is 6.91. The van der Waals surface area contributed by atoms with Crippen LogP contribution in [0.5, 0.6) is 0 Å². The third-order valence-electron chi connectivity index (χ3n) is 1.52. The van der Waals surface area contributed by atoms with E-state index in [0.717, 1.165) is 0 Å². The number of rotatable bonds is 2. The minimum Gasteiger partial charge on any atom is -0.474 e. The number of hydrogen-bond acceptors (Lipinski definition) is 5. The lowest BCUT2D eigenvalue weighted by Crippen LogP contribution is -1.95. The van der Waals surface area contributed by atoms with Gasteiger partial charge in [-0.05, 0) is 12.1 Å². The fraction of sp³-hybridized carbons (Fsp3) is 0. The normalized spacial score (nSPS) is 10.0. The fourth-order valence-corrected chi connectivity index (χ4v) is 0.916. The molecule has 6 heteroatoms. The maximum Gasteiger partial charge on any atom is 0.393 e. The van der Waals surface area contributed by atoms with E-state index >= 15 is 0 Å². The van der Waals surface area contributed by atoms with Crippen LogP contribution in [0, 0.1) is 0 Å². The standard InChI is InChI=1S/C8H5N3O3/c12-8(13)7-11-10-6(14-7)5-2-1-3-9-4-5/h1-4H,(H,12,13). The summed E-state index contributed by atoms with van der Waals surface area (Å²) in [6.07, 6.45) is 3.11. The van der Waals surface area contributed by atoms with E-state index in [4.69, 9.17) is 9.52 Å². The van der Waals surface area contributed by atoms with Gasteiger partial charge in [-0.15, -0.1) is 10.2 Å². The van der Waals surface area contributed by atoms with Gasteiger partial charge < -0.3 is 9.52 Å². The van der Waals surface area contributed by atoms with Gasteiger partial charge in [-0.25, -0.2) is 4.79 Å². The molecule has 0 fully saturated rings. The average Bonchev–Trinajstić information content (AvgIpc) is 2.68. The van der Waals surface area contributed by atoms with E-state index in [-0.39, 0.29) is 5.89 Å². The summed E-state index contributed by atoms with van der Waals surface area (Å²) in [5, 5.41) is 15.5. The first-order chi connectivity index (χ1) is 6.77. The van der Waals surface area contributed by atoms with Gasteiger partial charge in [0.2, 0.25) is 5.89 Å². The third kappa shape index (κ3) is 1.45.